The molecule has 0 radical (unpaired) electrons. The van der Waals surface area contributed by atoms with E-state index in [1.54, 1.807) is 0 Å². The summed E-state index contributed by atoms with van der Waals surface area (Å²) in [4.78, 5) is 0. The molecule has 0 aromatic carbocycles. The summed E-state index contributed by atoms with van der Waals surface area (Å²) in [5.41, 5.74) is 0. The molecule has 66 valence electrons. The van der Waals surface area contributed by atoms with E-state index in [1.807, 2.05) is 0 Å². The van der Waals surface area contributed by atoms with Gasteiger partial charge in [-0.15, -0.1) is 0 Å². The molecule has 0 fully saturated rings. The van der Waals surface area contributed by atoms with Gasteiger partial charge in [-0.3, -0.25) is 0 Å². The molecule has 0 aliphatic heterocycles. The van der Waals surface area contributed by atoms with Crippen molar-refractivity contribution in [3.63, 3.8) is 0 Å². The molecule has 11 heavy (non-hydrogen) atoms. The first-order chi connectivity index (χ1) is 2.45. The zero-order valence-electron chi connectivity index (χ0n) is 5.96. The molecule has 8 nitrogen and oxygen atoms in total. The molecule has 0 rings (SSSR count). The van der Waals surface area contributed by atoms with Crippen molar-refractivity contribution in [1.82, 2.24) is 0 Å². The van der Waals surface area contributed by atoms with E-state index >= 15 is 0 Å². The first-order valence-electron chi connectivity index (χ1n) is 0.921. The Bertz CT molecular complexity index is 192. The Morgan fingerprint density at radius 1 is 0.727 bits per heavy atom. The van der Waals surface area contributed by atoms with E-state index in [1.165, 1.54) is 0 Å². The van der Waals surface area contributed by atoms with Crippen LogP contribution in [0.15, 0.2) is 0 Å². The molecule has 0 aliphatic carbocycles. The molecule has 0 aliphatic rings. The molecule has 0 aromatic heterocycles. The van der Waals surface area contributed by atoms with Crippen LogP contribution in [0.5, 0.6) is 0 Å². The third-order valence-corrected chi connectivity index (χ3v) is 0. The summed E-state index contributed by atoms with van der Waals surface area (Å²) in [7, 11) is 0. The van der Waals surface area contributed by atoms with E-state index in [4.69, 9.17) is 22.7 Å². The maximum atomic E-state index is 9.12. The van der Waals surface area contributed by atoms with E-state index in [-0.39, 0.29) is 114 Å². The molecule has 0 saturated heterocycles. The molecule has 0 aromatic rings. The summed E-state index contributed by atoms with van der Waals surface area (Å²) in [5, 5.41) is 0. The summed E-state index contributed by atoms with van der Waals surface area (Å²) in [6.45, 7) is 0. The van der Waals surface area contributed by atoms with Crippen LogP contribution >= 0.6 is 0 Å². The second kappa shape index (κ2) is 5.98. The van der Waals surface area contributed by atoms with Crippen molar-refractivity contribution < 1.29 is 150 Å². The van der Waals surface area contributed by atoms with Gasteiger partial charge < -0.3 is 11.0 Å². The standard InChI is InChI=1S/2K.6H2O.2O.Os/h;;6*1H2;;;/q2*+1;;;;;;;;;+2/p-4. The van der Waals surface area contributed by atoms with Gasteiger partial charge >= 0.3 is 139 Å². The van der Waals surface area contributed by atoms with E-state index in [0.29, 0.717) is 0 Å². The van der Waals surface area contributed by atoms with E-state index in [9.17, 15) is 0 Å². The monoisotopic (exact) mass is 406 g/mol. The zero-order valence-corrected chi connectivity index (χ0v) is 14.7. The minimum atomic E-state index is -8.71. The van der Waals surface area contributed by atoms with Crippen molar-refractivity contribution in [3.8, 4) is 0 Å². The van der Waals surface area contributed by atoms with Gasteiger partial charge in [-0.05, 0) is 0 Å². The van der Waals surface area contributed by atoms with Crippen molar-refractivity contribution in [2.75, 3.05) is 0 Å². The fraction of sp³-hybridized carbons (Fsp3) is 0. The van der Waals surface area contributed by atoms with Gasteiger partial charge in [0.25, 0.3) is 0 Å². The van der Waals surface area contributed by atoms with E-state index in [2.05, 4.69) is 0 Å². The zero-order chi connectivity index (χ0) is 6.41. The molecule has 0 unspecified atom stereocenters. The van der Waals surface area contributed by atoms with Crippen LogP contribution in [-0.2, 0) is 21.1 Å². The van der Waals surface area contributed by atoms with Gasteiger partial charge in [0.2, 0.25) is 0 Å². The molecule has 0 amide bonds. The van der Waals surface area contributed by atoms with Gasteiger partial charge in [0.1, 0.15) is 0 Å². The number of hydrogen-bond acceptors (Lipinski definition) is 2. The molecular formula is H8K2O8Os. The molecular weight excluding hydrogens is 396 g/mol. The van der Waals surface area contributed by atoms with Gasteiger partial charge in [-0.25, -0.2) is 0 Å². The predicted octanol–water partition coefficient (Wildman–Crippen LogP) is -10.1. The predicted molar refractivity (Wildman–Crippen MR) is 17.5 cm³/mol. The first kappa shape index (κ1) is 29.2. The molecule has 0 heterocycles. The van der Waals surface area contributed by atoms with Crippen molar-refractivity contribution in [2.45, 2.75) is 0 Å². The number of rotatable bonds is 0. The average Bonchev–Trinajstić information content (AvgIpc) is 0.592. The summed E-state index contributed by atoms with van der Waals surface area (Å²) in [6.07, 6.45) is 0. The third-order valence-electron chi connectivity index (χ3n) is 0. The summed E-state index contributed by atoms with van der Waals surface area (Å²) < 4.78 is 47.0. The Balaban J connectivity index is -0.0000000300. The Morgan fingerprint density at radius 3 is 0.727 bits per heavy atom. The Labute approximate surface area is 146 Å². The van der Waals surface area contributed by atoms with Crippen LogP contribution in [0.1, 0.15) is 0 Å². The maximum absolute atomic E-state index is 9.12. The molecule has 0 spiro atoms. The Kier molecular flexibility index (Phi) is 15.9. The fourth-order valence-corrected chi connectivity index (χ4v) is 0. The molecule has 0 atom stereocenters. The second-order valence-corrected chi connectivity index (χ2v) is 8.18. The van der Waals surface area contributed by atoms with Crippen LogP contribution in [0.2, 0.25) is 0 Å². The van der Waals surface area contributed by atoms with E-state index < -0.39 is 14.0 Å². The van der Waals surface area contributed by atoms with Crippen LogP contribution in [-0.4, -0.2) is 26.5 Å². The Morgan fingerprint density at radius 2 is 0.727 bits per heavy atom. The SMILES string of the molecule is O.O.[K+].[K+].[O]=[Os-2](=[O])([OH])([OH])([OH])[OH]. The van der Waals surface area contributed by atoms with Crippen molar-refractivity contribution >= 4 is 0 Å². The van der Waals surface area contributed by atoms with Crippen LogP contribution in [0.25, 0.3) is 0 Å². The van der Waals surface area contributed by atoms with Gasteiger partial charge in [-0.1, -0.05) is 0 Å². The van der Waals surface area contributed by atoms with Crippen LogP contribution in [0.3, 0.4) is 0 Å². The number of hydrogen-bond donors (Lipinski definition) is 4. The van der Waals surface area contributed by atoms with Gasteiger partial charge in [-0.2, -0.15) is 0 Å². The normalized spacial score (nSPS) is 14.5. The van der Waals surface area contributed by atoms with Gasteiger partial charge in [0.15, 0.2) is 0 Å². The van der Waals surface area contributed by atoms with Crippen LogP contribution < -0.4 is 103 Å². The van der Waals surface area contributed by atoms with Crippen molar-refractivity contribution in [3.05, 3.63) is 0 Å². The minimum absolute atomic E-state index is 0. The van der Waals surface area contributed by atoms with Gasteiger partial charge in [0, 0.05) is 0 Å². The topological polar surface area (TPSA) is 178 Å². The van der Waals surface area contributed by atoms with Crippen molar-refractivity contribution in [1.29, 1.82) is 0 Å². The third kappa shape index (κ3) is 158. The summed E-state index contributed by atoms with van der Waals surface area (Å²) >= 11 is -8.71. The van der Waals surface area contributed by atoms with Gasteiger partial charge in [0.05, 0.1) is 0 Å². The van der Waals surface area contributed by atoms with E-state index in [0.717, 1.165) is 0 Å². The first-order valence-corrected chi connectivity index (χ1v) is 7.54. The van der Waals surface area contributed by atoms with Crippen LogP contribution in [0.4, 0.5) is 0 Å². The van der Waals surface area contributed by atoms with Crippen LogP contribution in [0, 0.1) is 0 Å². The Hall–Kier alpha value is 3.27. The molecule has 0 saturated carbocycles. The average molecular weight is 404 g/mol. The molecule has 8 N–H and O–H groups in total. The fourth-order valence-electron chi connectivity index (χ4n) is 0. The quantitative estimate of drug-likeness (QED) is 0.291. The summed E-state index contributed by atoms with van der Waals surface area (Å²) in [6, 6.07) is 0. The summed E-state index contributed by atoms with van der Waals surface area (Å²) in [5.74, 6) is 0. The molecule has 11 heteroatoms. The van der Waals surface area contributed by atoms with Crippen molar-refractivity contribution in [2.24, 2.45) is 0 Å². The molecule has 0 bridgehead atoms. The second-order valence-electron chi connectivity index (χ2n) is 1.000.